The molecule has 0 saturated heterocycles. The molecule has 4 heteroatoms. The van der Waals surface area contributed by atoms with E-state index in [2.05, 4.69) is 16.0 Å². The fraction of sp³-hybridized carbons (Fsp3) is 0.429. The molecule has 1 aromatic carbocycles. The maximum atomic E-state index is 9.34. The van der Waals surface area contributed by atoms with Crippen LogP contribution in [0.2, 0.25) is 0 Å². The second-order valence-corrected chi connectivity index (χ2v) is 5.20. The predicted octanol–water partition coefficient (Wildman–Crippen LogP) is 2.57. The lowest BCUT2D eigenvalue weighted by Gasteiger charge is -2.40. The molecule has 1 aliphatic carbocycles. The third-order valence-electron chi connectivity index (χ3n) is 4.05. The van der Waals surface area contributed by atoms with Crippen LogP contribution in [0.4, 0.5) is 0 Å². The highest BCUT2D eigenvalue weighted by molar-refractivity contribution is 5.76. The quantitative estimate of drug-likeness (QED) is 0.846. The maximum Gasteiger partial charge on any atom is 0.104 e. The minimum atomic E-state index is -0.358. The molecule has 0 spiro atoms. The van der Waals surface area contributed by atoms with Crippen molar-refractivity contribution >= 4 is 11.0 Å². The van der Waals surface area contributed by atoms with Gasteiger partial charge in [-0.15, -0.1) is 0 Å². The number of aromatic amines is 1. The molecule has 1 atom stereocenters. The molecule has 1 heterocycles. The largest absolute Gasteiger partial charge is 0.342 e. The molecule has 0 amide bonds. The van der Waals surface area contributed by atoms with E-state index in [1.807, 2.05) is 25.1 Å². The average molecular weight is 240 g/mol. The first-order valence-corrected chi connectivity index (χ1v) is 6.28. The van der Waals surface area contributed by atoms with E-state index in [4.69, 9.17) is 5.73 Å². The van der Waals surface area contributed by atoms with Gasteiger partial charge in [0, 0.05) is 6.04 Å². The Morgan fingerprint density at radius 3 is 2.89 bits per heavy atom. The zero-order valence-corrected chi connectivity index (χ0v) is 10.4. The van der Waals surface area contributed by atoms with E-state index in [1.54, 1.807) is 0 Å². The first kappa shape index (κ1) is 11.2. The molecule has 3 N–H and O–H groups in total. The molecule has 2 aromatic rings. The minimum absolute atomic E-state index is 0.204. The van der Waals surface area contributed by atoms with Crippen molar-refractivity contribution < 1.29 is 0 Å². The van der Waals surface area contributed by atoms with Crippen LogP contribution in [0.25, 0.3) is 11.0 Å². The van der Waals surface area contributed by atoms with Gasteiger partial charge in [-0.05, 0) is 37.5 Å². The van der Waals surface area contributed by atoms with Gasteiger partial charge in [-0.25, -0.2) is 4.98 Å². The zero-order chi connectivity index (χ0) is 12.8. The summed E-state index contributed by atoms with van der Waals surface area (Å²) in [6, 6.07) is 8.20. The summed E-state index contributed by atoms with van der Waals surface area (Å²) in [6.07, 6.45) is 2.92. The number of aryl methyl sites for hydroxylation is 1. The normalized spacial score (nSPS) is 19.2. The van der Waals surface area contributed by atoms with Crippen LogP contribution in [-0.2, 0) is 0 Å². The number of rotatable bonds is 2. The first-order valence-electron chi connectivity index (χ1n) is 6.28. The highest BCUT2D eigenvalue weighted by atomic mass is 14.9. The summed E-state index contributed by atoms with van der Waals surface area (Å²) in [6.45, 7) is 1.93. The third-order valence-corrected chi connectivity index (χ3v) is 4.05. The molecule has 1 unspecified atom stereocenters. The summed E-state index contributed by atoms with van der Waals surface area (Å²) in [5, 5.41) is 9.34. The number of H-pyrrole nitrogens is 1. The fourth-order valence-corrected chi connectivity index (χ4v) is 2.72. The predicted molar refractivity (Wildman–Crippen MR) is 69.7 cm³/mol. The van der Waals surface area contributed by atoms with Crippen LogP contribution >= 0.6 is 0 Å². The van der Waals surface area contributed by atoms with Crippen molar-refractivity contribution in [3.05, 3.63) is 29.6 Å². The molecule has 1 saturated carbocycles. The molecule has 4 nitrogen and oxygen atoms in total. The summed E-state index contributed by atoms with van der Waals surface area (Å²) in [7, 11) is 0. The van der Waals surface area contributed by atoms with E-state index in [1.165, 1.54) is 0 Å². The van der Waals surface area contributed by atoms with Crippen LogP contribution in [-0.4, -0.2) is 9.97 Å². The average Bonchev–Trinajstić information content (AvgIpc) is 2.67. The molecular formula is C14H16N4. The number of nitrogens with one attached hydrogen (secondary N) is 1. The van der Waals surface area contributed by atoms with Crippen molar-refractivity contribution in [2.45, 2.75) is 32.2 Å². The number of aromatic nitrogens is 2. The van der Waals surface area contributed by atoms with Gasteiger partial charge in [0.25, 0.3) is 0 Å². The molecule has 92 valence electrons. The topological polar surface area (TPSA) is 78.5 Å². The second-order valence-electron chi connectivity index (χ2n) is 5.20. The Balaban J connectivity index is 2.01. The van der Waals surface area contributed by atoms with Gasteiger partial charge in [-0.1, -0.05) is 12.5 Å². The second kappa shape index (κ2) is 3.82. The van der Waals surface area contributed by atoms with Gasteiger partial charge in [-0.3, -0.25) is 0 Å². The molecule has 3 rings (SSSR count). The van der Waals surface area contributed by atoms with Crippen LogP contribution < -0.4 is 5.73 Å². The van der Waals surface area contributed by atoms with Gasteiger partial charge in [0.15, 0.2) is 0 Å². The smallest absolute Gasteiger partial charge is 0.104 e. The van der Waals surface area contributed by atoms with Crippen molar-refractivity contribution in [1.29, 1.82) is 5.26 Å². The SMILES string of the molecule is Cc1nc2ccc(C(N)C3(C#N)CCC3)cc2[nH]1. The number of imidazole rings is 1. The molecule has 1 aliphatic rings. The maximum absolute atomic E-state index is 9.34. The molecule has 0 radical (unpaired) electrons. The molecule has 0 bridgehead atoms. The molecule has 1 aromatic heterocycles. The molecule has 1 fully saturated rings. The van der Waals surface area contributed by atoms with E-state index in [9.17, 15) is 5.26 Å². The Hall–Kier alpha value is -1.86. The minimum Gasteiger partial charge on any atom is -0.342 e. The standard InChI is InChI=1S/C14H16N4/c1-9-17-11-4-3-10(7-12(11)18-9)13(16)14(8-15)5-2-6-14/h3-4,7,13H,2,5-6,16H2,1H3,(H,17,18). The Kier molecular flexibility index (Phi) is 2.39. The van der Waals surface area contributed by atoms with E-state index < -0.39 is 0 Å². The monoisotopic (exact) mass is 240 g/mol. The van der Waals surface area contributed by atoms with Crippen LogP contribution in [0, 0.1) is 23.7 Å². The van der Waals surface area contributed by atoms with Crippen LogP contribution in [0.15, 0.2) is 18.2 Å². The third kappa shape index (κ3) is 1.52. The van der Waals surface area contributed by atoms with E-state index >= 15 is 0 Å². The molecular weight excluding hydrogens is 224 g/mol. The number of nitrogens with two attached hydrogens (primary N) is 1. The highest BCUT2D eigenvalue weighted by Gasteiger charge is 2.43. The van der Waals surface area contributed by atoms with E-state index in [0.717, 1.165) is 41.7 Å². The van der Waals surface area contributed by atoms with E-state index in [-0.39, 0.29) is 11.5 Å². The van der Waals surface area contributed by atoms with Gasteiger partial charge < -0.3 is 10.7 Å². The molecule has 0 aliphatic heterocycles. The van der Waals surface area contributed by atoms with Crippen LogP contribution in [0.1, 0.15) is 36.7 Å². The number of nitriles is 1. The highest BCUT2D eigenvalue weighted by Crippen LogP contribution is 2.48. The number of nitrogens with zero attached hydrogens (tertiary/aromatic N) is 2. The summed E-state index contributed by atoms with van der Waals surface area (Å²) in [5.41, 5.74) is 8.89. The number of hydrogen-bond acceptors (Lipinski definition) is 3. The lowest BCUT2D eigenvalue weighted by Crippen LogP contribution is -2.39. The lowest BCUT2D eigenvalue weighted by molar-refractivity contribution is 0.169. The Morgan fingerprint density at radius 2 is 2.28 bits per heavy atom. The Morgan fingerprint density at radius 1 is 1.50 bits per heavy atom. The van der Waals surface area contributed by atoms with E-state index in [0.29, 0.717) is 0 Å². The molecule has 18 heavy (non-hydrogen) atoms. The van der Waals surface area contributed by atoms with Crippen molar-refractivity contribution in [3.8, 4) is 6.07 Å². The van der Waals surface area contributed by atoms with Crippen molar-refractivity contribution in [2.75, 3.05) is 0 Å². The van der Waals surface area contributed by atoms with Crippen molar-refractivity contribution in [3.63, 3.8) is 0 Å². The summed E-state index contributed by atoms with van der Waals surface area (Å²) in [4.78, 5) is 7.58. The summed E-state index contributed by atoms with van der Waals surface area (Å²) < 4.78 is 0. The van der Waals surface area contributed by atoms with Crippen molar-refractivity contribution in [2.24, 2.45) is 11.1 Å². The number of hydrogen-bond donors (Lipinski definition) is 2. The lowest BCUT2D eigenvalue weighted by atomic mass is 9.64. The Bertz CT molecular complexity index is 631. The van der Waals surface area contributed by atoms with Gasteiger partial charge in [0.05, 0.1) is 22.5 Å². The number of fused-ring (bicyclic) bond motifs is 1. The number of benzene rings is 1. The van der Waals surface area contributed by atoms with Gasteiger partial charge in [0.1, 0.15) is 5.82 Å². The van der Waals surface area contributed by atoms with Crippen LogP contribution in [0.3, 0.4) is 0 Å². The fourth-order valence-electron chi connectivity index (χ4n) is 2.72. The first-order chi connectivity index (χ1) is 8.64. The van der Waals surface area contributed by atoms with Crippen LogP contribution in [0.5, 0.6) is 0 Å². The van der Waals surface area contributed by atoms with Gasteiger partial charge >= 0.3 is 0 Å². The van der Waals surface area contributed by atoms with Crippen molar-refractivity contribution in [1.82, 2.24) is 9.97 Å². The zero-order valence-electron chi connectivity index (χ0n) is 10.4. The van der Waals surface area contributed by atoms with Gasteiger partial charge in [0.2, 0.25) is 0 Å². The summed E-state index contributed by atoms with van der Waals surface area (Å²) in [5.74, 6) is 0.898. The Labute approximate surface area is 106 Å². The van der Waals surface area contributed by atoms with Gasteiger partial charge in [-0.2, -0.15) is 5.26 Å². The summed E-state index contributed by atoms with van der Waals surface area (Å²) >= 11 is 0.